The van der Waals surface area contributed by atoms with Crippen LogP contribution in [-0.2, 0) is 16.1 Å². The molecule has 1 saturated heterocycles. The molecule has 0 unspecified atom stereocenters. The average molecular weight is 282 g/mol. The molecule has 1 aliphatic rings. The topological polar surface area (TPSA) is 53.5 Å². The zero-order chi connectivity index (χ0) is 14.0. The summed E-state index contributed by atoms with van der Waals surface area (Å²) in [7, 11) is 0. The van der Waals surface area contributed by atoms with Gasteiger partial charge in [-0.3, -0.25) is 14.6 Å². The molecule has 0 aliphatic carbocycles. The molecule has 1 aromatic rings. The lowest BCUT2D eigenvalue weighted by Gasteiger charge is -2.35. The van der Waals surface area contributed by atoms with Gasteiger partial charge in [-0.15, -0.1) is 0 Å². The molecule has 1 aliphatic heterocycles. The maximum absolute atomic E-state index is 12.0. The minimum Gasteiger partial charge on any atom is -0.330 e. The van der Waals surface area contributed by atoms with Gasteiger partial charge in [-0.25, -0.2) is 0 Å². The van der Waals surface area contributed by atoms with Gasteiger partial charge < -0.3 is 9.80 Å². The van der Waals surface area contributed by atoms with E-state index in [2.05, 4.69) is 4.98 Å². The standard InChI is InChI=1S/C13H16ClN3O2/c1-9(2)17-6-5-16(12(18)13(17)19)8-11-7-10(14)3-4-15-11/h3-4,7,9H,5-6,8H2,1-2H3. The maximum atomic E-state index is 12.0. The van der Waals surface area contributed by atoms with Crippen LogP contribution in [0.2, 0.25) is 5.02 Å². The number of aromatic nitrogens is 1. The average Bonchev–Trinajstić information content (AvgIpc) is 2.35. The number of hydrogen-bond donors (Lipinski definition) is 0. The van der Waals surface area contributed by atoms with Crippen LogP contribution in [0.25, 0.3) is 0 Å². The van der Waals surface area contributed by atoms with Crippen molar-refractivity contribution in [3.8, 4) is 0 Å². The van der Waals surface area contributed by atoms with Gasteiger partial charge in [-0.2, -0.15) is 0 Å². The van der Waals surface area contributed by atoms with Crippen molar-refractivity contribution in [3.63, 3.8) is 0 Å². The van der Waals surface area contributed by atoms with Crippen LogP contribution in [-0.4, -0.2) is 45.7 Å². The van der Waals surface area contributed by atoms with Crippen LogP contribution in [0.15, 0.2) is 18.3 Å². The molecule has 2 rings (SSSR count). The fourth-order valence-electron chi connectivity index (χ4n) is 2.06. The highest BCUT2D eigenvalue weighted by Crippen LogP contribution is 2.14. The molecule has 0 bridgehead atoms. The van der Waals surface area contributed by atoms with Crippen molar-refractivity contribution >= 4 is 23.4 Å². The van der Waals surface area contributed by atoms with Gasteiger partial charge in [0, 0.05) is 30.4 Å². The summed E-state index contributed by atoms with van der Waals surface area (Å²) in [4.78, 5) is 31.2. The van der Waals surface area contributed by atoms with Crippen molar-refractivity contribution < 1.29 is 9.59 Å². The quantitative estimate of drug-likeness (QED) is 0.785. The van der Waals surface area contributed by atoms with E-state index in [4.69, 9.17) is 11.6 Å². The van der Waals surface area contributed by atoms with E-state index in [0.29, 0.717) is 30.4 Å². The maximum Gasteiger partial charge on any atom is 0.312 e. The summed E-state index contributed by atoms with van der Waals surface area (Å²) >= 11 is 5.87. The second kappa shape index (κ2) is 5.57. The van der Waals surface area contributed by atoms with E-state index >= 15 is 0 Å². The van der Waals surface area contributed by atoms with Gasteiger partial charge in [0.05, 0.1) is 12.2 Å². The van der Waals surface area contributed by atoms with E-state index in [9.17, 15) is 9.59 Å². The fraction of sp³-hybridized carbons (Fsp3) is 0.462. The number of rotatable bonds is 3. The first-order chi connectivity index (χ1) is 8.99. The summed E-state index contributed by atoms with van der Waals surface area (Å²) in [6.07, 6.45) is 1.59. The Morgan fingerprint density at radius 2 is 2.05 bits per heavy atom. The van der Waals surface area contributed by atoms with Gasteiger partial charge in [0.15, 0.2) is 0 Å². The second-order valence-corrected chi connectivity index (χ2v) is 5.22. The zero-order valence-electron chi connectivity index (χ0n) is 11.0. The molecular formula is C13H16ClN3O2. The highest BCUT2D eigenvalue weighted by Gasteiger charge is 2.33. The van der Waals surface area contributed by atoms with Crippen molar-refractivity contribution in [1.82, 2.24) is 14.8 Å². The van der Waals surface area contributed by atoms with Gasteiger partial charge >= 0.3 is 11.8 Å². The van der Waals surface area contributed by atoms with Gasteiger partial charge in [-0.1, -0.05) is 11.6 Å². The minimum absolute atomic E-state index is 0.0443. The predicted molar refractivity (Wildman–Crippen MR) is 71.5 cm³/mol. The Balaban J connectivity index is 2.07. The summed E-state index contributed by atoms with van der Waals surface area (Å²) in [5, 5.41) is 0.574. The van der Waals surface area contributed by atoms with Crippen molar-refractivity contribution in [3.05, 3.63) is 29.0 Å². The van der Waals surface area contributed by atoms with Gasteiger partial charge in [0.25, 0.3) is 0 Å². The first-order valence-corrected chi connectivity index (χ1v) is 6.57. The third-order valence-electron chi connectivity index (χ3n) is 3.10. The van der Waals surface area contributed by atoms with E-state index in [1.54, 1.807) is 23.2 Å². The Kier molecular flexibility index (Phi) is 4.04. The Morgan fingerprint density at radius 3 is 2.68 bits per heavy atom. The van der Waals surface area contributed by atoms with Gasteiger partial charge in [0.1, 0.15) is 0 Å². The molecule has 0 atom stereocenters. The Labute approximate surface area is 117 Å². The first-order valence-electron chi connectivity index (χ1n) is 6.19. The lowest BCUT2D eigenvalue weighted by atomic mass is 10.2. The minimum atomic E-state index is -0.471. The predicted octanol–water partition coefficient (Wildman–Crippen LogP) is 1.31. The van der Waals surface area contributed by atoms with E-state index in [1.807, 2.05) is 13.8 Å². The summed E-state index contributed by atoms with van der Waals surface area (Å²) in [6, 6.07) is 3.42. The molecule has 2 heterocycles. The Bertz CT molecular complexity index is 504. The smallest absolute Gasteiger partial charge is 0.312 e. The highest BCUT2D eigenvalue weighted by molar-refractivity contribution is 6.35. The number of carbonyl (C=O) groups excluding carboxylic acids is 2. The fourth-order valence-corrected chi connectivity index (χ4v) is 2.25. The molecule has 2 amide bonds. The monoisotopic (exact) mass is 281 g/mol. The van der Waals surface area contributed by atoms with Crippen LogP contribution in [0.1, 0.15) is 19.5 Å². The summed E-state index contributed by atoms with van der Waals surface area (Å²) in [5.41, 5.74) is 0.687. The number of amides is 2. The van der Waals surface area contributed by atoms with Crippen LogP contribution < -0.4 is 0 Å². The molecule has 6 heteroatoms. The number of nitrogens with zero attached hydrogens (tertiary/aromatic N) is 3. The summed E-state index contributed by atoms with van der Waals surface area (Å²) in [5.74, 6) is -0.912. The van der Waals surface area contributed by atoms with Gasteiger partial charge in [-0.05, 0) is 26.0 Å². The number of pyridine rings is 1. The molecule has 19 heavy (non-hydrogen) atoms. The molecule has 1 aromatic heterocycles. The second-order valence-electron chi connectivity index (χ2n) is 4.78. The van der Waals surface area contributed by atoms with Crippen LogP contribution in [0.5, 0.6) is 0 Å². The molecule has 0 saturated carbocycles. The number of carbonyl (C=O) groups is 2. The van der Waals surface area contributed by atoms with Crippen molar-refractivity contribution in [2.24, 2.45) is 0 Å². The van der Waals surface area contributed by atoms with Crippen molar-refractivity contribution in [2.75, 3.05) is 13.1 Å². The molecular weight excluding hydrogens is 266 g/mol. The van der Waals surface area contributed by atoms with Crippen LogP contribution in [0, 0.1) is 0 Å². The SMILES string of the molecule is CC(C)N1CCN(Cc2cc(Cl)ccn2)C(=O)C1=O. The summed E-state index contributed by atoms with van der Waals surface area (Å²) in [6.45, 7) is 5.20. The Morgan fingerprint density at radius 1 is 1.32 bits per heavy atom. The third kappa shape index (κ3) is 3.04. The van der Waals surface area contributed by atoms with Crippen LogP contribution in [0.4, 0.5) is 0 Å². The summed E-state index contributed by atoms with van der Waals surface area (Å²) < 4.78 is 0. The molecule has 0 N–H and O–H groups in total. The Hall–Kier alpha value is -1.62. The lowest BCUT2D eigenvalue weighted by Crippen LogP contribution is -2.55. The van der Waals surface area contributed by atoms with E-state index in [0.717, 1.165) is 0 Å². The van der Waals surface area contributed by atoms with E-state index in [1.165, 1.54) is 4.90 Å². The third-order valence-corrected chi connectivity index (χ3v) is 3.33. The lowest BCUT2D eigenvalue weighted by molar-refractivity contribution is -0.157. The molecule has 0 aromatic carbocycles. The van der Waals surface area contributed by atoms with E-state index in [-0.39, 0.29) is 6.04 Å². The first kappa shape index (κ1) is 13.8. The van der Waals surface area contributed by atoms with Crippen molar-refractivity contribution in [2.45, 2.75) is 26.4 Å². The zero-order valence-corrected chi connectivity index (χ0v) is 11.7. The molecule has 5 nitrogen and oxygen atoms in total. The highest BCUT2D eigenvalue weighted by atomic mass is 35.5. The number of hydrogen-bond acceptors (Lipinski definition) is 3. The molecule has 102 valence electrons. The molecule has 0 radical (unpaired) electrons. The van der Waals surface area contributed by atoms with Crippen LogP contribution >= 0.6 is 11.6 Å². The number of halogens is 1. The van der Waals surface area contributed by atoms with Gasteiger partial charge in [0.2, 0.25) is 0 Å². The van der Waals surface area contributed by atoms with E-state index < -0.39 is 11.8 Å². The largest absolute Gasteiger partial charge is 0.330 e. The molecule has 1 fully saturated rings. The molecule has 0 spiro atoms. The van der Waals surface area contributed by atoms with Crippen LogP contribution in [0.3, 0.4) is 0 Å². The van der Waals surface area contributed by atoms with Crippen molar-refractivity contribution in [1.29, 1.82) is 0 Å². The number of piperazine rings is 1. The normalized spacial score (nSPS) is 16.4.